The zero-order valence-electron chi connectivity index (χ0n) is 12.6. The van der Waals surface area contributed by atoms with Crippen molar-refractivity contribution in [3.05, 3.63) is 29.8 Å². The molecular formula is C18H27NO. The van der Waals surface area contributed by atoms with Crippen LogP contribution in [0.15, 0.2) is 24.3 Å². The molecule has 1 aromatic carbocycles. The monoisotopic (exact) mass is 273 g/mol. The van der Waals surface area contributed by atoms with E-state index in [1.54, 1.807) is 0 Å². The van der Waals surface area contributed by atoms with Crippen LogP contribution < -0.4 is 10.5 Å². The lowest BCUT2D eigenvalue weighted by molar-refractivity contribution is 0.0203. The van der Waals surface area contributed by atoms with Gasteiger partial charge in [0.15, 0.2) is 0 Å². The van der Waals surface area contributed by atoms with Crippen LogP contribution in [0.1, 0.15) is 69.9 Å². The molecule has 3 atom stereocenters. The summed E-state index contributed by atoms with van der Waals surface area (Å²) in [5.74, 6) is 1.93. The molecule has 2 nitrogen and oxygen atoms in total. The summed E-state index contributed by atoms with van der Waals surface area (Å²) < 4.78 is 6.46. The average molecular weight is 273 g/mol. The van der Waals surface area contributed by atoms with Gasteiger partial charge >= 0.3 is 0 Å². The molecule has 0 aromatic heterocycles. The Kier molecular flexibility index (Phi) is 4.02. The van der Waals surface area contributed by atoms with Gasteiger partial charge in [-0.05, 0) is 37.7 Å². The molecular weight excluding hydrogens is 246 g/mol. The third-order valence-corrected chi connectivity index (χ3v) is 5.19. The molecule has 0 radical (unpaired) electrons. The van der Waals surface area contributed by atoms with Crippen LogP contribution in [-0.4, -0.2) is 5.60 Å². The predicted octanol–water partition coefficient (Wildman–Crippen LogP) is 4.59. The van der Waals surface area contributed by atoms with E-state index in [0.29, 0.717) is 0 Å². The number of hydrogen-bond acceptors (Lipinski definition) is 2. The van der Waals surface area contributed by atoms with Crippen molar-refractivity contribution in [1.29, 1.82) is 0 Å². The van der Waals surface area contributed by atoms with Gasteiger partial charge in [-0.1, -0.05) is 44.4 Å². The smallest absolute Gasteiger partial charge is 0.124 e. The largest absolute Gasteiger partial charge is 0.487 e. The van der Waals surface area contributed by atoms with E-state index in [2.05, 4.69) is 31.2 Å². The summed E-state index contributed by atoms with van der Waals surface area (Å²) in [5, 5.41) is 0. The van der Waals surface area contributed by atoms with Crippen molar-refractivity contribution in [2.75, 3.05) is 0 Å². The molecule has 20 heavy (non-hydrogen) atoms. The van der Waals surface area contributed by atoms with Crippen LogP contribution in [0.25, 0.3) is 0 Å². The second-order valence-corrected chi connectivity index (χ2v) is 6.72. The first kappa shape index (κ1) is 13.9. The fraction of sp³-hybridized carbons (Fsp3) is 0.667. The first-order valence-electron chi connectivity index (χ1n) is 8.26. The van der Waals surface area contributed by atoms with Crippen molar-refractivity contribution < 1.29 is 4.74 Å². The maximum absolute atomic E-state index is 6.46. The van der Waals surface area contributed by atoms with E-state index in [0.717, 1.165) is 18.1 Å². The van der Waals surface area contributed by atoms with Gasteiger partial charge in [-0.2, -0.15) is 0 Å². The summed E-state index contributed by atoms with van der Waals surface area (Å²) in [6.07, 6.45) is 10.00. The SMILES string of the molecule is CCCC1CCCC2(CC1)C[C@H](N)c1ccccc1O2. The predicted molar refractivity (Wildman–Crippen MR) is 82.8 cm³/mol. The topological polar surface area (TPSA) is 35.2 Å². The molecule has 0 amide bonds. The van der Waals surface area contributed by atoms with Gasteiger partial charge in [-0.15, -0.1) is 0 Å². The highest BCUT2D eigenvalue weighted by Gasteiger charge is 2.40. The third kappa shape index (κ3) is 2.71. The maximum Gasteiger partial charge on any atom is 0.124 e. The highest BCUT2D eigenvalue weighted by atomic mass is 16.5. The second-order valence-electron chi connectivity index (χ2n) is 6.72. The lowest BCUT2D eigenvalue weighted by Gasteiger charge is -2.41. The van der Waals surface area contributed by atoms with Crippen LogP contribution >= 0.6 is 0 Å². The van der Waals surface area contributed by atoms with Crippen LogP contribution in [-0.2, 0) is 0 Å². The standard InChI is InChI=1S/C18H27NO/c1-2-6-14-7-5-11-18(12-10-14)13-16(19)15-8-3-4-9-17(15)20-18/h3-4,8-9,14,16H,2,5-7,10-13,19H2,1H3/t14?,16-,18?/m0/s1. The molecule has 0 saturated heterocycles. The minimum Gasteiger partial charge on any atom is -0.487 e. The maximum atomic E-state index is 6.46. The van der Waals surface area contributed by atoms with Gasteiger partial charge in [0.2, 0.25) is 0 Å². The van der Waals surface area contributed by atoms with Gasteiger partial charge in [0.05, 0.1) is 0 Å². The molecule has 2 unspecified atom stereocenters. The van der Waals surface area contributed by atoms with Gasteiger partial charge in [0.25, 0.3) is 0 Å². The van der Waals surface area contributed by atoms with E-state index in [9.17, 15) is 0 Å². The summed E-state index contributed by atoms with van der Waals surface area (Å²) in [6.45, 7) is 2.30. The zero-order chi connectivity index (χ0) is 14.0. The number of hydrogen-bond donors (Lipinski definition) is 1. The fourth-order valence-corrected chi connectivity index (χ4v) is 4.12. The minimum absolute atomic E-state index is 0.0102. The van der Waals surface area contributed by atoms with Crippen molar-refractivity contribution in [2.24, 2.45) is 11.7 Å². The van der Waals surface area contributed by atoms with Crippen LogP contribution in [0, 0.1) is 5.92 Å². The Hall–Kier alpha value is -1.02. The Morgan fingerprint density at radius 2 is 2.10 bits per heavy atom. The summed E-state index contributed by atoms with van der Waals surface area (Å²) in [7, 11) is 0. The summed E-state index contributed by atoms with van der Waals surface area (Å²) >= 11 is 0. The normalized spacial score (nSPS) is 33.3. The number of fused-ring (bicyclic) bond motifs is 1. The van der Waals surface area contributed by atoms with Gasteiger partial charge < -0.3 is 10.5 Å². The molecule has 0 bridgehead atoms. The van der Waals surface area contributed by atoms with Crippen LogP contribution in [0.4, 0.5) is 0 Å². The molecule has 1 aliphatic carbocycles. The highest BCUT2D eigenvalue weighted by Crippen LogP contribution is 2.45. The molecule has 1 spiro atoms. The van der Waals surface area contributed by atoms with Crippen molar-refractivity contribution in [2.45, 2.75) is 69.9 Å². The number of nitrogens with two attached hydrogens (primary N) is 1. The van der Waals surface area contributed by atoms with E-state index in [1.165, 1.54) is 50.5 Å². The van der Waals surface area contributed by atoms with E-state index in [1.807, 2.05) is 0 Å². The van der Waals surface area contributed by atoms with E-state index < -0.39 is 0 Å². The molecule has 2 heteroatoms. The van der Waals surface area contributed by atoms with E-state index in [-0.39, 0.29) is 11.6 Å². The molecule has 1 saturated carbocycles. The van der Waals surface area contributed by atoms with Crippen molar-refractivity contribution in [1.82, 2.24) is 0 Å². The minimum atomic E-state index is 0.0102. The van der Waals surface area contributed by atoms with Gasteiger partial charge in [0.1, 0.15) is 11.4 Å². The van der Waals surface area contributed by atoms with Gasteiger partial charge in [-0.3, -0.25) is 0 Å². The Balaban J connectivity index is 1.77. The zero-order valence-corrected chi connectivity index (χ0v) is 12.6. The summed E-state index contributed by atoms with van der Waals surface area (Å²) in [6, 6.07) is 8.46. The van der Waals surface area contributed by atoms with Crippen molar-refractivity contribution in [3.63, 3.8) is 0 Å². The van der Waals surface area contributed by atoms with Crippen LogP contribution in [0.5, 0.6) is 5.75 Å². The average Bonchev–Trinajstić information content (AvgIpc) is 2.63. The van der Waals surface area contributed by atoms with E-state index >= 15 is 0 Å². The lowest BCUT2D eigenvalue weighted by atomic mass is 9.82. The summed E-state index contributed by atoms with van der Waals surface area (Å²) in [5.41, 5.74) is 7.61. The Morgan fingerprint density at radius 1 is 1.25 bits per heavy atom. The van der Waals surface area contributed by atoms with Crippen molar-refractivity contribution in [3.8, 4) is 5.75 Å². The number of ether oxygens (including phenoxy) is 1. The summed E-state index contributed by atoms with van der Waals surface area (Å²) in [4.78, 5) is 0. The van der Waals surface area contributed by atoms with Gasteiger partial charge in [0, 0.05) is 18.0 Å². The molecule has 2 aliphatic rings. The van der Waals surface area contributed by atoms with Crippen LogP contribution in [0.2, 0.25) is 0 Å². The number of benzene rings is 1. The van der Waals surface area contributed by atoms with Gasteiger partial charge in [-0.25, -0.2) is 0 Å². The first-order valence-corrected chi connectivity index (χ1v) is 8.26. The Morgan fingerprint density at radius 3 is 2.95 bits per heavy atom. The first-order chi connectivity index (χ1) is 9.72. The lowest BCUT2D eigenvalue weighted by Crippen LogP contribution is -2.42. The highest BCUT2D eigenvalue weighted by molar-refractivity contribution is 5.38. The van der Waals surface area contributed by atoms with Crippen molar-refractivity contribution >= 4 is 0 Å². The molecule has 1 fully saturated rings. The van der Waals surface area contributed by atoms with E-state index in [4.69, 9.17) is 10.5 Å². The molecule has 1 aromatic rings. The molecule has 110 valence electrons. The quantitative estimate of drug-likeness (QED) is 0.855. The molecule has 2 N–H and O–H groups in total. The number of rotatable bonds is 2. The Labute approximate surface area is 122 Å². The molecule has 1 heterocycles. The molecule has 1 aliphatic heterocycles. The Bertz CT molecular complexity index is 458. The molecule has 3 rings (SSSR count). The number of para-hydroxylation sites is 1. The third-order valence-electron chi connectivity index (χ3n) is 5.19. The fourth-order valence-electron chi connectivity index (χ4n) is 4.12. The van der Waals surface area contributed by atoms with Crippen LogP contribution in [0.3, 0.4) is 0 Å². The second kappa shape index (κ2) is 5.77.